The summed E-state index contributed by atoms with van der Waals surface area (Å²) in [5.41, 5.74) is 1.44. The molecule has 0 unspecified atom stereocenters. The molecule has 0 amide bonds. The van der Waals surface area contributed by atoms with Crippen molar-refractivity contribution in [1.29, 1.82) is 5.26 Å². The van der Waals surface area contributed by atoms with Gasteiger partial charge in [-0.2, -0.15) is 5.26 Å². The Labute approximate surface area is 116 Å². The molecule has 1 aromatic heterocycles. The zero-order chi connectivity index (χ0) is 14.0. The lowest BCUT2D eigenvalue weighted by Crippen LogP contribution is -2.20. The number of aromatic nitrogens is 2. The lowest BCUT2D eigenvalue weighted by molar-refractivity contribution is 0.624. The summed E-state index contributed by atoms with van der Waals surface area (Å²) in [5.74, 6) is 0.279. The third-order valence-electron chi connectivity index (χ3n) is 3.71. The highest BCUT2D eigenvalue weighted by atomic mass is 19.1. The number of nitrogens with zero attached hydrogens (tertiary/aromatic N) is 3. The first kappa shape index (κ1) is 12.5. The first-order valence-electron chi connectivity index (χ1n) is 6.45. The van der Waals surface area contributed by atoms with E-state index in [4.69, 9.17) is 5.26 Å². The lowest BCUT2D eigenvalue weighted by Gasteiger charge is -2.17. The van der Waals surface area contributed by atoms with Gasteiger partial charge in [-0.25, -0.2) is 14.4 Å². The Morgan fingerprint density at radius 2 is 1.90 bits per heavy atom. The SMILES string of the molecule is N#Cc1nccnc1NCC1(c2ccc(F)cc2)CC1. The van der Waals surface area contributed by atoms with E-state index < -0.39 is 0 Å². The molecular formula is C15H13FN4. The number of hydrogen-bond donors (Lipinski definition) is 1. The van der Waals surface area contributed by atoms with E-state index in [1.54, 1.807) is 6.20 Å². The molecule has 1 heterocycles. The van der Waals surface area contributed by atoms with Crippen molar-refractivity contribution in [2.24, 2.45) is 0 Å². The number of rotatable bonds is 4. The highest BCUT2D eigenvalue weighted by Crippen LogP contribution is 2.48. The molecule has 0 bridgehead atoms. The smallest absolute Gasteiger partial charge is 0.182 e. The zero-order valence-electron chi connectivity index (χ0n) is 10.8. The van der Waals surface area contributed by atoms with E-state index in [2.05, 4.69) is 15.3 Å². The number of halogens is 1. The van der Waals surface area contributed by atoms with Gasteiger partial charge in [-0.15, -0.1) is 0 Å². The van der Waals surface area contributed by atoms with Gasteiger partial charge in [0, 0.05) is 24.4 Å². The van der Waals surface area contributed by atoms with Crippen molar-refractivity contribution < 1.29 is 4.39 Å². The first-order chi connectivity index (χ1) is 9.73. The van der Waals surface area contributed by atoms with Crippen molar-refractivity contribution in [3.8, 4) is 6.07 Å². The molecule has 5 heteroatoms. The minimum absolute atomic E-state index is 0.0257. The second-order valence-electron chi connectivity index (χ2n) is 5.01. The minimum atomic E-state index is -0.224. The van der Waals surface area contributed by atoms with Crippen LogP contribution in [0.15, 0.2) is 36.7 Å². The Morgan fingerprint density at radius 1 is 1.20 bits per heavy atom. The van der Waals surface area contributed by atoms with Crippen LogP contribution in [0.1, 0.15) is 24.1 Å². The first-order valence-corrected chi connectivity index (χ1v) is 6.45. The normalized spacial score (nSPS) is 15.4. The summed E-state index contributed by atoms with van der Waals surface area (Å²) in [6, 6.07) is 8.63. The molecule has 1 saturated carbocycles. The molecule has 0 aliphatic heterocycles. The van der Waals surface area contributed by atoms with E-state index in [0.29, 0.717) is 18.1 Å². The van der Waals surface area contributed by atoms with E-state index in [9.17, 15) is 4.39 Å². The van der Waals surface area contributed by atoms with Crippen molar-refractivity contribution in [2.45, 2.75) is 18.3 Å². The maximum Gasteiger partial charge on any atom is 0.182 e. The van der Waals surface area contributed by atoms with Crippen molar-refractivity contribution in [3.05, 3.63) is 53.7 Å². The molecule has 0 spiro atoms. The summed E-state index contributed by atoms with van der Waals surface area (Å²) in [7, 11) is 0. The van der Waals surface area contributed by atoms with Gasteiger partial charge in [-0.05, 0) is 30.5 Å². The molecule has 3 rings (SSSR count). The van der Waals surface area contributed by atoms with Crippen LogP contribution in [0.25, 0.3) is 0 Å². The van der Waals surface area contributed by atoms with Crippen LogP contribution in [-0.2, 0) is 5.41 Å². The number of benzene rings is 1. The third kappa shape index (κ3) is 2.32. The van der Waals surface area contributed by atoms with Crippen molar-refractivity contribution in [1.82, 2.24) is 9.97 Å². The fraction of sp³-hybridized carbons (Fsp3) is 0.267. The Morgan fingerprint density at radius 3 is 2.55 bits per heavy atom. The molecule has 0 atom stereocenters. The summed E-state index contributed by atoms with van der Waals surface area (Å²) in [6.07, 6.45) is 5.15. The summed E-state index contributed by atoms with van der Waals surface area (Å²) in [6.45, 7) is 0.673. The molecular weight excluding hydrogens is 255 g/mol. The van der Waals surface area contributed by atoms with E-state index in [1.807, 2.05) is 18.2 Å². The zero-order valence-corrected chi connectivity index (χ0v) is 10.8. The van der Waals surface area contributed by atoms with Gasteiger partial charge < -0.3 is 5.32 Å². The second-order valence-corrected chi connectivity index (χ2v) is 5.01. The number of nitrogens with one attached hydrogen (secondary N) is 1. The predicted molar refractivity (Wildman–Crippen MR) is 72.5 cm³/mol. The quantitative estimate of drug-likeness (QED) is 0.926. The molecule has 1 aliphatic carbocycles. The molecule has 4 nitrogen and oxygen atoms in total. The maximum atomic E-state index is 13.0. The van der Waals surface area contributed by atoms with E-state index in [0.717, 1.165) is 18.4 Å². The topological polar surface area (TPSA) is 61.6 Å². The molecule has 2 aromatic rings. The van der Waals surface area contributed by atoms with Gasteiger partial charge in [0.15, 0.2) is 11.5 Å². The highest BCUT2D eigenvalue weighted by molar-refractivity contribution is 5.48. The summed E-state index contributed by atoms with van der Waals surface area (Å²) in [4.78, 5) is 8.10. The third-order valence-corrected chi connectivity index (χ3v) is 3.71. The molecule has 0 radical (unpaired) electrons. The maximum absolute atomic E-state index is 13.0. The number of nitriles is 1. The number of hydrogen-bond acceptors (Lipinski definition) is 4. The molecule has 1 N–H and O–H groups in total. The van der Waals surface area contributed by atoms with Crippen LogP contribution in [0, 0.1) is 17.1 Å². The van der Waals surface area contributed by atoms with Crippen LogP contribution in [-0.4, -0.2) is 16.5 Å². The summed E-state index contributed by atoms with van der Waals surface area (Å²) >= 11 is 0. The van der Waals surface area contributed by atoms with Crippen LogP contribution < -0.4 is 5.32 Å². The molecule has 1 fully saturated rings. The Hall–Kier alpha value is -2.48. The highest BCUT2D eigenvalue weighted by Gasteiger charge is 2.44. The molecule has 1 aromatic carbocycles. The molecule has 100 valence electrons. The lowest BCUT2D eigenvalue weighted by atomic mass is 9.96. The van der Waals surface area contributed by atoms with Gasteiger partial charge in [0.25, 0.3) is 0 Å². The number of anilines is 1. The summed E-state index contributed by atoms with van der Waals surface area (Å²) < 4.78 is 13.0. The van der Waals surface area contributed by atoms with Crippen LogP contribution in [0.2, 0.25) is 0 Å². The van der Waals surface area contributed by atoms with E-state index in [1.165, 1.54) is 18.3 Å². The van der Waals surface area contributed by atoms with Crippen molar-refractivity contribution in [3.63, 3.8) is 0 Å². The van der Waals surface area contributed by atoms with E-state index >= 15 is 0 Å². The fourth-order valence-electron chi connectivity index (χ4n) is 2.32. The van der Waals surface area contributed by atoms with Gasteiger partial charge in [0.2, 0.25) is 0 Å². The van der Waals surface area contributed by atoms with Gasteiger partial charge >= 0.3 is 0 Å². The molecule has 20 heavy (non-hydrogen) atoms. The Kier molecular flexibility index (Phi) is 3.07. The predicted octanol–water partition coefficient (Wildman–Crippen LogP) is 2.63. The van der Waals surface area contributed by atoms with Crippen LogP contribution >= 0.6 is 0 Å². The van der Waals surface area contributed by atoms with Gasteiger partial charge in [-0.1, -0.05) is 12.1 Å². The van der Waals surface area contributed by atoms with Gasteiger partial charge in [0.1, 0.15) is 11.9 Å². The standard InChI is InChI=1S/C15H13FN4/c16-12-3-1-11(2-4-12)15(5-6-15)10-20-14-13(9-17)18-7-8-19-14/h1-4,7-8H,5-6,10H2,(H,19,20). The Bertz CT molecular complexity index is 656. The van der Waals surface area contributed by atoms with Crippen LogP contribution in [0.5, 0.6) is 0 Å². The van der Waals surface area contributed by atoms with Crippen LogP contribution in [0.3, 0.4) is 0 Å². The van der Waals surface area contributed by atoms with Crippen molar-refractivity contribution >= 4 is 5.82 Å². The summed E-state index contributed by atoms with van der Waals surface area (Å²) in [5, 5.41) is 12.2. The average molecular weight is 268 g/mol. The second kappa shape index (κ2) is 4.89. The van der Waals surface area contributed by atoms with Crippen LogP contribution in [0.4, 0.5) is 10.2 Å². The Balaban J connectivity index is 1.75. The van der Waals surface area contributed by atoms with E-state index in [-0.39, 0.29) is 11.2 Å². The average Bonchev–Trinajstić information content (AvgIpc) is 3.27. The fourth-order valence-corrected chi connectivity index (χ4v) is 2.32. The molecule has 0 saturated heterocycles. The monoisotopic (exact) mass is 268 g/mol. The minimum Gasteiger partial charge on any atom is -0.367 e. The van der Waals surface area contributed by atoms with Crippen molar-refractivity contribution in [2.75, 3.05) is 11.9 Å². The largest absolute Gasteiger partial charge is 0.367 e. The van der Waals surface area contributed by atoms with Gasteiger partial charge in [0.05, 0.1) is 0 Å². The van der Waals surface area contributed by atoms with Gasteiger partial charge in [-0.3, -0.25) is 0 Å². The molecule has 1 aliphatic rings.